The van der Waals surface area contributed by atoms with E-state index >= 15 is 0 Å². The maximum Gasteiger partial charge on any atom is 0.0475 e. The van der Waals surface area contributed by atoms with Crippen LogP contribution < -0.4 is 4.90 Å². The maximum atomic E-state index is 6.15. The normalized spacial score (nSPS) is 13.8. The van der Waals surface area contributed by atoms with Crippen LogP contribution >= 0.6 is 11.6 Å². The van der Waals surface area contributed by atoms with Crippen molar-refractivity contribution >= 4 is 28.2 Å². The molecule has 0 saturated heterocycles. The Hall–Kier alpha value is -2.71. The molecule has 0 fully saturated rings. The molecule has 0 saturated carbocycles. The van der Waals surface area contributed by atoms with Crippen molar-refractivity contribution in [3.05, 3.63) is 89.1 Å². The highest BCUT2D eigenvalue weighted by molar-refractivity contribution is 6.31. The molecule has 0 unspecified atom stereocenters. The molecule has 1 aromatic heterocycles. The van der Waals surface area contributed by atoms with E-state index in [-0.39, 0.29) is 0 Å². The Morgan fingerprint density at radius 3 is 2.58 bits per heavy atom. The number of hydrogen-bond acceptors (Lipinski definition) is 1. The molecule has 1 aliphatic rings. The highest BCUT2D eigenvalue weighted by Gasteiger charge is 2.19. The van der Waals surface area contributed by atoms with Crippen LogP contribution in [-0.4, -0.2) is 11.5 Å². The highest BCUT2D eigenvalue weighted by Crippen LogP contribution is 2.37. The summed E-state index contributed by atoms with van der Waals surface area (Å²) in [5, 5.41) is 1.96. The molecular weight excluding hydrogens is 340 g/mol. The zero-order valence-corrected chi connectivity index (χ0v) is 15.1. The number of rotatable bonds is 2. The molecule has 128 valence electrons. The van der Waals surface area contributed by atoms with Crippen molar-refractivity contribution in [1.29, 1.82) is 0 Å². The quantitative estimate of drug-likeness (QED) is 0.462. The van der Waals surface area contributed by atoms with Crippen LogP contribution in [0.4, 0.5) is 5.69 Å². The average Bonchev–Trinajstić information content (AvgIpc) is 3.10. The predicted octanol–water partition coefficient (Wildman–Crippen LogP) is 6.05. The van der Waals surface area contributed by atoms with E-state index < -0.39 is 0 Å². The van der Waals surface area contributed by atoms with Crippen LogP contribution in [0.25, 0.3) is 22.0 Å². The number of nitrogens with zero attached hydrogens (tertiary/aromatic N) is 1. The van der Waals surface area contributed by atoms with E-state index in [0.29, 0.717) is 0 Å². The third-order valence-corrected chi connectivity index (χ3v) is 5.54. The lowest BCUT2D eigenvalue weighted by Crippen LogP contribution is -2.30. The van der Waals surface area contributed by atoms with Gasteiger partial charge in [-0.3, -0.25) is 0 Å². The van der Waals surface area contributed by atoms with Gasteiger partial charge in [0.15, 0.2) is 0 Å². The van der Waals surface area contributed by atoms with Crippen LogP contribution in [0.3, 0.4) is 0 Å². The van der Waals surface area contributed by atoms with E-state index in [1.165, 1.54) is 33.3 Å². The number of aromatic nitrogens is 1. The van der Waals surface area contributed by atoms with E-state index in [4.69, 9.17) is 11.6 Å². The largest absolute Gasteiger partial charge is 0.366 e. The molecule has 5 rings (SSSR count). The lowest BCUT2D eigenvalue weighted by atomic mass is 9.97. The minimum Gasteiger partial charge on any atom is -0.366 e. The number of para-hydroxylation sites is 1. The molecule has 0 amide bonds. The van der Waals surface area contributed by atoms with Gasteiger partial charge in [-0.2, -0.15) is 0 Å². The standard InChI is InChI=1S/C23H19ClN2/c24-18-9-10-19-21(14-25-22(19)13-18)20-7-3-4-8-23(20)26-12-11-16-5-1-2-6-17(16)15-26/h1-10,13-14,25H,11-12,15H2. The van der Waals surface area contributed by atoms with Gasteiger partial charge in [-0.1, -0.05) is 60.1 Å². The fourth-order valence-electron chi connectivity index (χ4n) is 4.00. The minimum atomic E-state index is 0.756. The lowest BCUT2D eigenvalue weighted by Gasteiger charge is -2.32. The second-order valence-corrected chi connectivity index (χ2v) is 7.29. The molecule has 0 bridgehead atoms. The summed E-state index contributed by atoms with van der Waals surface area (Å²) >= 11 is 6.15. The number of fused-ring (bicyclic) bond motifs is 2. The summed E-state index contributed by atoms with van der Waals surface area (Å²) in [6.45, 7) is 2.00. The van der Waals surface area contributed by atoms with E-state index in [1.807, 2.05) is 12.1 Å². The molecule has 3 aromatic carbocycles. The van der Waals surface area contributed by atoms with Crippen LogP contribution in [0.5, 0.6) is 0 Å². The van der Waals surface area contributed by atoms with Crippen molar-refractivity contribution in [2.75, 3.05) is 11.4 Å². The second-order valence-electron chi connectivity index (χ2n) is 6.85. The molecule has 26 heavy (non-hydrogen) atoms. The predicted molar refractivity (Wildman–Crippen MR) is 110 cm³/mol. The Bertz CT molecular complexity index is 1100. The summed E-state index contributed by atoms with van der Waals surface area (Å²) in [6.07, 6.45) is 3.19. The van der Waals surface area contributed by atoms with E-state index in [9.17, 15) is 0 Å². The average molecular weight is 359 g/mol. The zero-order valence-electron chi connectivity index (χ0n) is 14.4. The molecule has 2 nitrogen and oxygen atoms in total. The van der Waals surface area contributed by atoms with Gasteiger partial charge in [0.25, 0.3) is 0 Å². The number of halogens is 1. The Morgan fingerprint density at radius 2 is 1.65 bits per heavy atom. The number of H-pyrrole nitrogens is 1. The molecule has 0 radical (unpaired) electrons. The molecule has 1 aliphatic heterocycles. The monoisotopic (exact) mass is 358 g/mol. The first-order chi connectivity index (χ1) is 12.8. The number of nitrogens with one attached hydrogen (secondary N) is 1. The van der Waals surface area contributed by atoms with Gasteiger partial charge in [0.1, 0.15) is 0 Å². The Morgan fingerprint density at radius 1 is 0.846 bits per heavy atom. The first-order valence-electron chi connectivity index (χ1n) is 8.97. The van der Waals surface area contributed by atoms with Gasteiger partial charge in [0.2, 0.25) is 0 Å². The maximum absolute atomic E-state index is 6.15. The summed E-state index contributed by atoms with van der Waals surface area (Å²) < 4.78 is 0. The van der Waals surface area contributed by atoms with Crippen molar-refractivity contribution in [3.8, 4) is 11.1 Å². The lowest BCUT2D eigenvalue weighted by molar-refractivity contribution is 0.732. The van der Waals surface area contributed by atoms with Crippen molar-refractivity contribution in [1.82, 2.24) is 4.98 Å². The fraction of sp³-hybridized carbons (Fsp3) is 0.130. The molecule has 0 aliphatic carbocycles. The van der Waals surface area contributed by atoms with E-state index in [1.54, 1.807) is 0 Å². The Balaban J connectivity index is 1.60. The van der Waals surface area contributed by atoms with E-state index in [0.717, 1.165) is 30.0 Å². The highest BCUT2D eigenvalue weighted by atomic mass is 35.5. The molecule has 0 atom stereocenters. The summed E-state index contributed by atoms with van der Waals surface area (Å²) in [6, 6.07) is 23.5. The summed E-state index contributed by atoms with van der Waals surface area (Å²) in [7, 11) is 0. The number of hydrogen-bond donors (Lipinski definition) is 1. The second kappa shape index (κ2) is 6.22. The van der Waals surface area contributed by atoms with Gasteiger partial charge in [0, 0.05) is 52.0 Å². The molecular formula is C23H19ClN2. The van der Waals surface area contributed by atoms with Crippen LogP contribution in [0, 0.1) is 0 Å². The SMILES string of the molecule is Clc1ccc2c(-c3ccccc3N3CCc4ccccc4C3)c[nH]c2c1. The Labute approximate surface area is 158 Å². The van der Waals surface area contributed by atoms with Crippen molar-refractivity contribution < 1.29 is 0 Å². The van der Waals surface area contributed by atoms with Gasteiger partial charge in [-0.05, 0) is 35.7 Å². The minimum absolute atomic E-state index is 0.756. The smallest absolute Gasteiger partial charge is 0.0475 e. The zero-order chi connectivity index (χ0) is 17.5. The summed E-state index contributed by atoms with van der Waals surface area (Å²) in [4.78, 5) is 5.86. The number of aromatic amines is 1. The summed E-state index contributed by atoms with van der Waals surface area (Å²) in [5.41, 5.74) is 7.76. The third kappa shape index (κ3) is 2.58. The van der Waals surface area contributed by atoms with Gasteiger partial charge < -0.3 is 9.88 Å². The number of anilines is 1. The van der Waals surface area contributed by atoms with Crippen LogP contribution in [0.2, 0.25) is 5.02 Å². The number of benzene rings is 3. The van der Waals surface area contributed by atoms with Gasteiger partial charge in [-0.25, -0.2) is 0 Å². The fourth-order valence-corrected chi connectivity index (χ4v) is 4.17. The van der Waals surface area contributed by atoms with Crippen molar-refractivity contribution in [3.63, 3.8) is 0 Å². The third-order valence-electron chi connectivity index (χ3n) is 5.31. The van der Waals surface area contributed by atoms with Gasteiger partial charge in [0.05, 0.1) is 0 Å². The molecule has 4 aromatic rings. The van der Waals surface area contributed by atoms with Gasteiger partial charge in [-0.15, -0.1) is 0 Å². The molecule has 3 heteroatoms. The summed E-state index contributed by atoms with van der Waals surface area (Å²) in [5.74, 6) is 0. The first-order valence-corrected chi connectivity index (χ1v) is 9.35. The molecule has 2 heterocycles. The van der Waals surface area contributed by atoms with Crippen molar-refractivity contribution in [2.45, 2.75) is 13.0 Å². The first kappa shape index (κ1) is 15.5. The molecule has 0 spiro atoms. The molecule has 1 N–H and O–H groups in total. The van der Waals surface area contributed by atoms with E-state index in [2.05, 4.69) is 70.7 Å². The van der Waals surface area contributed by atoms with Gasteiger partial charge >= 0.3 is 0 Å². The topological polar surface area (TPSA) is 19.0 Å². The Kier molecular flexibility index (Phi) is 3.72. The van der Waals surface area contributed by atoms with Crippen LogP contribution in [-0.2, 0) is 13.0 Å². The van der Waals surface area contributed by atoms with Crippen LogP contribution in [0.15, 0.2) is 72.9 Å². The van der Waals surface area contributed by atoms with Crippen LogP contribution in [0.1, 0.15) is 11.1 Å². The van der Waals surface area contributed by atoms with Crippen molar-refractivity contribution in [2.24, 2.45) is 0 Å².